The van der Waals surface area contributed by atoms with Gasteiger partial charge in [0.25, 0.3) is 0 Å². The molecule has 0 fully saturated rings. The van der Waals surface area contributed by atoms with E-state index in [4.69, 9.17) is 0 Å². The fourth-order valence-corrected chi connectivity index (χ4v) is 1.24. The fraction of sp³-hybridized carbons (Fsp3) is 0.222. The Morgan fingerprint density at radius 3 is 3.25 bits per heavy atom. The van der Waals surface area contributed by atoms with E-state index in [0.717, 1.165) is 30.5 Å². The Hall–Kier alpha value is -1.51. The average Bonchev–Trinajstić information content (AvgIpc) is 2.17. The summed E-state index contributed by atoms with van der Waals surface area (Å²) in [6, 6.07) is 0. The minimum absolute atomic E-state index is 0.403. The van der Waals surface area contributed by atoms with Gasteiger partial charge in [-0.25, -0.2) is 4.98 Å². The van der Waals surface area contributed by atoms with Crippen molar-refractivity contribution in [2.45, 2.75) is 12.8 Å². The first-order chi connectivity index (χ1) is 5.90. The van der Waals surface area contributed by atoms with Crippen molar-refractivity contribution in [3.05, 3.63) is 29.4 Å². The summed E-state index contributed by atoms with van der Waals surface area (Å²) in [5.41, 5.74) is 2.23. The first kappa shape index (κ1) is 7.16. The molecule has 0 atom stereocenters. The van der Waals surface area contributed by atoms with Gasteiger partial charge in [-0.1, -0.05) is 6.08 Å². The average molecular weight is 160 g/mol. The minimum Gasteiger partial charge on any atom is -0.296 e. The number of carbonyl (C=O) groups excluding carboxylic acids is 1. The molecular weight excluding hydrogens is 152 g/mol. The number of hydrogen-bond acceptors (Lipinski definition) is 3. The molecule has 1 aliphatic rings. The molecule has 0 spiro atoms. The fourth-order valence-electron chi connectivity index (χ4n) is 1.24. The summed E-state index contributed by atoms with van der Waals surface area (Å²) in [7, 11) is 0. The lowest BCUT2D eigenvalue weighted by molar-refractivity contribution is 0.111. The van der Waals surface area contributed by atoms with Crippen molar-refractivity contribution in [3.63, 3.8) is 0 Å². The molecule has 60 valence electrons. The number of nitrogens with zero attached hydrogens (tertiary/aromatic N) is 2. The lowest BCUT2D eigenvalue weighted by atomic mass is 10.1. The second kappa shape index (κ2) is 2.85. The Morgan fingerprint density at radius 1 is 1.50 bits per heavy atom. The maximum Gasteiger partial charge on any atom is 0.170 e. The van der Waals surface area contributed by atoms with E-state index in [1.165, 1.54) is 6.20 Å². The minimum atomic E-state index is 0.403. The molecule has 0 unspecified atom stereocenters. The largest absolute Gasteiger partial charge is 0.296 e. The van der Waals surface area contributed by atoms with Crippen LogP contribution in [0.2, 0.25) is 0 Å². The topological polar surface area (TPSA) is 42.9 Å². The summed E-state index contributed by atoms with van der Waals surface area (Å²) in [6.45, 7) is 0. The lowest BCUT2D eigenvalue weighted by Gasteiger charge is -2.07. The second-order valence-electron chi connectivity index (χ2n) is 2.69. The van der Waals surface area contributed by atoms with E-state index in [2.05, 4.69) is 9.97 Å². The van der Waals surface area contributed by atoms with Gasteiger partial charge in [-0.05, 0) is 18.9 Å². The molecule has 1 aromatic heterocycles. The summed E-state index contributed by atoms with van der Waals surface area (Å²) in [6.07, 6.45) is 8.14. The number of aryl methyl sites for hydroxylation is 1. The van der Waals surface area contributed by atoms with Gasteiger partial charge in [0.05, 0.1) is 17.6 Å². The molecule has 12 heavy (non-hydrogen) atoms. The summed E-state index contributed by atoms with van der Waals surface area (Å²) in [5.74, 6) is 0. The van der Waals surface area contributed by atoms with E-state index in [9.17, 15) is 4.79 Å². The third-order valence-corrected chi connectivity index (χ3v) is 1.84. The number of fused-ring (bicyclic) bond motifs is 1. The highest BCUT2D eigenvalue weighted by Gasteiger charge is 2.07. The van der Waals surface area contributed by atoms with Crippen LogP contribution in [0.3, 0.4) is 0 Å². The van der Waals surface area contributed by atoms with Gasteiger partial charge in [-0.2, -0.15) is 0 Å². The molecule has 1 heterocycles. The zero-order valence-electron chi connectivity index (χ0n) is 6.53. The maximum atomic E-state index is 10.4. The zero-order chi connectivity index (χ0) is 8.39. The van der Waals surface area contributed by atoms with Crippen molar-refractivity contribution < 1.29 is 4.79 Å². The number of carbonyl (C=O) groups is 1. The van der Waals surface area contributed by atoms with Gasteiger partial charge >= 0.3 is 0 Å². The van der Waals surface area contributed by atoms with E-state index in [0.29, 0.717) is 5.69 Å². The standard InChI is InChI=1S/C9H8N2O/c12-6-7-5-10-8-3-1-2-4-9(8)11-7/h2,4-6H,1,3H2. The summed E-state index contributed by atoms with van der Waals surface area (Å²) >= 11 is 0. The molecule has 3 nitrogen and oxygen atoms in total. The molecule has 0 N–H and O–H groups in total. The Bertz CT molecular complexity index is 344. The highest BCUT2D eigenvalue weighted by molar-refractivity contribution is 5.72. The quantitative estimate of drug-likeness (QED) is 0.580. The van der Waals surface area contributed by atoms with Crippen molar-refractivity contribution >= 4 is 12.4 Å². The third-order valence-electron chi connectivity index (χ3n) is 1.84. The monoisotopic (exact) mass is 160 g/mol. The van der Waals surface area contributed by atoms with Crippen LogP contribution in [-0.2, 0) is 6.42 Å². The molecule has 3 heteroatoms. The summed E-state index contributed by atoms with van der Waals surface area (Å²) in [4.78, 5) is 18.6. The molecule has 0 bridgehead atoms. The zero-order valence-corrected chi connectivity index (χ0v) is 6.53. The Labute approximate surface area is 70.2 Å². The molecule has 0 aromatic carbocycles. The van der Waals surface area contributed by atoms with Crippen molar-refractivity contribution in [3.8, 4) is 0 Å². The molecule has 1 aliphatic carbocycles. The van der Waals surface area contributed by atoms with Crippen LogP contribution in [0.25, 0.3) is 6.08 Å². The Balaban J connectivity index is 2.51. The molecule has 0 radical (unpaired) electrons. The summed E-state index contributed by atoms with van der Waals surface area (Å²) in [5, 5.41) is 0. The van der Waals surface area contributed by atoms with Crippen LogP contribution in [0.15, 0.2) is 12.3 Å². The molecule has 0 saturated carbocycles. The van der Waals surface area contributed by atoms with Gasteiger partial charge in [-0.3, -0.25) is 9.78 Å². The molecule has 0 saturated heterocycles. The van der Waals surface area contributed by atoms with Gasteiger partial charge in [-0.15, -0.1) is 0 Å². The summed E-state index contributed by atoms with van der Waals surface area (Å²) < 4.78 is 0. The van der Waals surface area contributed by atoms with E-state index >= 15 is 0 Å². The molecule has 0 aliphatic heterocycles. The van der Waals surface area contributed by atoms with Crippen LogP contribution in [0.5, 0.6) is 0 Å². The van der Waals surface area contributed by atoms with Gasteiger partial charge in [0.2, 0.25) is 0 Å². The maximum absolute atomic E-state index is 10.4. The number of hydrogen-bond donors (Lipinski definition) is 0. The highest BCUT2D eigenvalue weighted by Crippen LogP contribution is 2.13. The second-order valence-corrected chi connectivity index (χ2v) is 2.69. The lowest BCUT2D eigenvalue weighted by Crippen LogP contribution is -2.02. The van der Waals surface area contributed by atoms with Crippen LogP contribution in [0.1, 0.15) is 28.3 Å². The van der Waals surface area contributed by atoms with Crippen molar-refractivity contribution in [2.24, 2.45) is 0 Å². The van der Waals surface area contributed by atoms with Gasteiger partial charge in [0, 0.05) is 0 Å². The molecule has 1 aromatic rings. The third kappa shape index (κ3) is 1.13. The van der Waals surface area contributed by atoms with Crippen LogP contribution in [-0.4, -0.2) is 16.3 Å². The predicted molar refractivity (Wildman–Crippen MR) is 44.8 cm³/mol. The first-order valence-electron chi connectivity index (χ1n) is 3.88. The van der Waals surface area contributed by atoms with E-state index < -0.39 is 0 Å². The number of allylic oxidation sites excluding steroid dienone is 1. The predicted octanol–water partition coefficient (Wildman–Crippen LogP) is 1.25. The first-order valence-corrected chi connectivity index (χ1v) is 3.88. The highest BCUT2D eigenvalue weighted by atomic mass is 16.1. The molecule has 2 rings (SSSR count). The van der Waals surface area contributed by atoms with E-state index in [-0.39, 0.29) is 0 Å². The molecule has 0 amide bonds. The van der Waals surface area contributed by atoms with E-state index in [1.807, 2.05) is 12.2 Å². The number of aldehydes is 1. The van der Waals surface area contributed by atoms with Crippen LogP contribution < -0.4 is 0 Å². The Morgan fingerprint density at radius 2 is 2.42 bits per heavy atom. The molecular formula is C9H8N2O. The van der Waals surface area contributed by atoms with Gasteiger partial charge in [0.1, 0.15) is 5.69 Å². The van der Waals surface area contributed by atoms with Crippen molar-refractivity contribution in [1.29, 1.82) is 0 Å². The van der Waals surface area contributed by atoms with Crippen LogP contribution in [0.4, 0.5) is 0 Å². The van der Waals surface area contributed by atoms with Crippen molar-refractivity contribution in [1.82, 2.24) is 9.97 Å². The Kier molecular flexibility index (Phi) is 1.70. The van der Waals surface area contributed by atoms with Gasteiger partial charge in [0.15, 0.2) is 6.29 Å². The number of aromatic nitrogens is 2. The van der Waals surface area contributed by atoms with Gasteiger partial charge < -0.3 is 0 Å². The van der Waals surface area contributed by atoms with E-state index in [1.54, 1.807) is 0 Å². The van der Waals surface area contributed by atoms with Crippen molar-refractivity contribution in [2.75, 3.05) is 0 Å². The van der Waals surface area contributed by atoms with Crippen LogP contribution >= 0.6 is 0 Å². The number of rotatable bonds is 1. The SMILES string of the molecule is O=Cc1cnc2c(n1)C=CCC2. The van der Waals surface area contributed by atoms with Crippen LogP contribution in [0, 0.1) is 0 Å². The smallest absolute Gasteiger partial charge is 0.170 e. The normalized spacial score (nSPS) is 14.0.